The van der Waals surface area contributed by atoms with Crippen LogP contribution >= 0.6 is 0 Å². The van der Waals surface area contributed by atoms with E-state index in [4.69, 9.17) is 5.21 Å². The first-order valence-electron chi connectivity index (χ1n) is 2.32. The Balaban J connectivity index is 3.13. The van der Waals surface area contributed by atoms with Gasteiger partial charge in [-0.1, -0.05) is 0 Å². The highest BCUT2D eigenvalue weighted by Crippen LogP contribution is 1.83. The Labute approximate surface area is 46.9 Å². The quantitative estimate of drug-likeness (QED) is 0.331. The Kier molecular flexibility index (Phi) is 1.13. The van der Waals surface area contributed by atoms with Gasteiger partial charge in [-0.15, -0.1) is 0 Å². The van der Waals surface area contributed by atoms with Gasteiger partial charge in [-0.25, -0.2) is 0 Å². The second-order valence-electron chi connectivity index (χ2n) is 1.54. The van der Waals surface area contributed by atoms with Crippen LogP contribution in [-0.2, 0) is 0 Å². The molecule has 0 amide bonds. The summed E-state index contributed by atoms with van der Waals surface area (Å²) in [7, 11) is 0. The van der Waals surface area contributed by atoms with Gasteiger partial charge in [-0.2, -0.15) is 0 Å². The molecule has 0 aliphatic rings. The van der Waals surface area contributed by atoms with E-state index in [1.807, 2.05) is 6.07 Å². The highest BCUT2D eigenvalue weighted by Gasteiger charge is 2.02. The predicted octanol–water partition coefficient (Wildman–Crippen LogP) is -0.915. The Morgan fingerprint density at radius 1 is 1.50 bits per heavy atom. The monoisotopic (exact) mass is 112 g/mol. The number of hydrogen-bond acceptors (Lipinski definition) is 1. The van der Waals surface area contributed by atoms with Crippen LogP contribution in [0.5, 0.6) is 0 Å². The first-order valence-corrected chi connectivity index (χ1v) is 2.32. The van der Waals surface area contributed by atoms with Crippen LogP contribution in [0.4, 0.5) is 5.82 Å². The van der Waals surface area contributed by atoms with Crippen LogP contribution < -0.4 is 10.5 Å². The zero-order valence-electron chi connectivity index (χ0n) is 4.41. The highest BCUT2D eigenvalue weighted by molar-refractivity contribution is 5.06. The molecule has 0 fully saturated rings. The lowest BCUT2D eigenvalue weighted by Crippen LogP contribution is -2.53. The van der Waals surface area contributed by atoms with Crippen LogP contribution in [0.25, 0.3) is 0 Å². The Morgan fingerprint density at radius 3 is 2.62 bits per heavy atom. The summed E-state index contributed by atoms with van der Waals surface area (Å²) in [6.07, 6.45) is 1.53. The third-order valence-corrected chi connectivity index (χ3v) is 0.921. The van der Waals surface area contributed by atoms with E-state index in [0.717, 1.165) is 4.73 Å². The molecule has 8 heavy (non-hydrogen) atoms. The van der Waals surface area contributed by atoms with Gasteiger partial charge in [0.15, 0.2) is 0 Å². The molecule has 0 radical (unpaired) electrons. The highest BCUT2D eigenvalue weighted by atomic mass is 16.5. The van der Waals surface area contributed by atoms with Crippen molar-refractivity contribution < 1.29 is 15.7 Å². The lowest BCUT2D eigenvalue weighted by atomic mass is 10.5. The summed E-state index contributed by atoms with van der Waals surface area (Å²) in [5.41, 5.74) is 3.53. The summed E-state index contributed by atoms with van der Waals surface area (Å²) >= 11 is 0. The number of quaternary nitrogens is 1. The Morgan fingerprint density at radius 2 is 2.25 bits per heavy atom. The van der Waals surface area contributed by atoms with Crippen molar-refractivity contribution in [3.8, 4) is 0 Å². The van der Waals surface area contributed by atoms with Crippen molar-refractivity contribution in [1.29, 1.82) is 0 Å². The lowest BCUT2D eigenvalue weighted by Gasteiger charge is -1.79. The van der Waals surface area contributed by atoms with Crippen LogP contribution in [0.15, 0.2) is 24.4 Å². The van der Waals surface area contributed by atoms with Crippen LogP contribution in [0.1, 0.15) is 0 Å². The van der Waals surface area contributed by atoms with Crippen molar-refractivity contribution in [3.63, 3.8) is 0 Å². The Hall–Kier alpha value is -1.09. The molecular weight excluding hydrogens is 104 g/mol. The number of pyridine rings is 1. The van der Waals surface area contributed by atoms with Crippen LogP contribution in [0, 0.1) is 0 Å². The molecule has 3 heteroatoms. The SMILES string of the molecule is [NH3+]c1cccc[n+]1O. The topological polar surface area (TPSA) is 51.8 Å². The fraction of sp³-hybridized carbons (Fsp3) is 0. The maximum absolute atomic E-state index is 8.77. The second-order valence-corrected chi connectivity index (χ2v) is 1.54. The van der Waals surface area contributed by atoms with E-state index in [1.165, 1.54) is 6.20 Å². The molecule has 1 aromatic heterocycles. The largest absolute Gasteiger partial charge is 0.411 e. The van der Waals surface area contributed by atoms with Crippen molar-refractivity contribution in [3.05, 3.63) is 24.4 Å². The number of nitrogens with zero attached hydrogens (tertiary/aromatic N) is 1. The maximum atomic E-state index is 8.77. The van der Waals surface area contributed by atoms with Gasteiger partial charge in [0, 0.05) is 6.07 Å². The molecular formula is C5H8N2O+2. The summed E-state index contributed by atoms with van der Waals surface area (Å²) < 4.78 is 0.972. The van der Waals surface area contributed by atoms with Gasteiger partial charge in [0.2, 0.25) is 6.20 Å². The summed E-state index contributed by atoms with van der Waals surface area (Å²) in [6.45, 7) is 0. The minimum Gasteiger partial charge on any atom is -0.280 e. The molecule has 0 bridgehead atoms. The maximum Gasteiger partial charge on any atom is 0.411 e. The van der Waals surface area contributed by atoms with Crippen LogP contribution in [0.3, 0.4) is 0 Å². The number of aromatic nitrogens is 1. The van der Waals surface area contributed by atoms with E-state index in [1.54, 1.807) is 12.1 Å². The smallest absolute Gasteiger partial charge is 0.280 e. The predicted molar refractivity (Wildman–Crippen MR) is 26.4 cm³/mol. The second kappa shape index (κ2) is 1.79. The minimum absolute atomic E-state index is 0.590. The first-order chi connectivity index (χ1) is 3.80. The van der Waals surface area contributed by atoms with E-state index < -0.39 is 0 Å². The zero-order chi connectivity index (χ0) is 5.98. The zero-order valence-corrected chi connectivity index (χ0v) is 4.41. The molecule has 1 rings (SSSR count). The molecule has 0 unspecified atom stereocenters. The van der Waals surface area contributed by atoms with Gasteiger partial charge >= 0.3 is 5.82 Å². The molecule has 1 heterocycles. The molecule has 4 N–H and O–H groups in total. The van der Waals surface area contributed by atoms with Gasteiger partial charge in [0.1, 0.15) is 0 Å². The first kappa shape index (κ1) is 5.05. The number of hydrogen-bond donors (Lipinski definition) is 2. The van der Waals surface area contributed by atoms with E-state index in [9.17, 15) is 0 Å². The summed E-state index contributed by atoms with van der Waals surface area (Å²) in [5, 5.41) is 8.77. The molecule has 0 aliphatic carbocycles. The molecule has 42 valence electrons. The molecule has 0 saturated heterocycles. The molecule has 3 nitrogen and oxygen atoms in total. The summed E-state index contributed by atoms with van der Waals surface area (Å²) in [5.74, 6) is 0.590. The summed E-state index contributed by atoms with van der Waals surface area (Å²) in [4.78, 5) is 0. The summed E-state index contributed by atoms with van der Waals surface area (Å²) in [6, 6.07) is 5.27. The normalized spacial score (nSPS) is 9.12. The van der Waals surface area contributed by atoms with Gasteiger partial charge in [0.25, 0.3) is 0 Å². The Bertz CT molecular complexity index is 167. The average Bonchev–Trinajstić information content (AvgIpc) is 1.77. The van der Waals surface area contributed by atoms with Crippen molar-refractivity contribution in [2.24, 2.45) is 0 Å². The average molecular weight is 112 g/mol. The molecule has 1 aromatic rings. The van der Waals surface area contributed by atoms with Crippen molar-refractivity contribution in [1.82, 2.24) is 0 Å². The molecule has 0 aliphatic heterocycles. The molecule has 0 saturated carbocycles. The van der Waals surface area contributed by atoms with Gasteiger partial charge < -0.3 is 0 Å². The van der Waals surface area contributed by atoms with Crippen LogP contribution in [0.2, 0.25) is 0 Å². The van der Waals surface area contributed by atoms with Crippen LogP contribution in [-0.4, -0.2) is 5.21 Å². The third kappa shape index (κ3) is 0.764. The standard InChI is InChI=1S/C5H6N2O/c6-5-3-1-2-4-7(5)8/h1-4,6,8H/p+2. The minimum atomic E-state index is 0.590. The fourth-order valence-corrected chi connectivity index (χ4v) is 0.470. The molecule has 0 atom stereocenters. The lowest BCUT2D eigenvalue weighted by molar-refractivity contribution is -0.916. The van der Waals surface area contributed by atoms with E-state index in [-0.39, 0.29) is 0 Å². The van der Waals surface area contributed by atoms with E-state index >= 15 is 0 Å². The van der Waals surface area contributed by atoms with E-state index in [0.29, 0.717) is 5.82 Å². The van der Waals surface area contributed by atoms with Gasteiger partial charge in [0.05, 0.1) is 10.8 Å². The van der Waals surface area contributed by atoms with Gasteiger partial charge in [-0.05, 0) is 6.07 Å². The molecule has 0 aromatic carbocycles. The van der Waals surface area contributed by atoms with Crippen molar-refractivity contribution in [2.75, 3.05) is 0 Å². The van der Waals surface area contributed by atoms with E-state index in [2.05, 4.69) is 5.73 Å². The molecule has 0 spiro atoms. The third-order valence-electron chi connectivity index (χ3n) is 0.921. The fourth-order valence-electron chi connectivity index (χ4n) is 0.470. The van der Waals surface area contributed by atoms with Gasteiger partial charge in [-0.3, -0.25) is 10.9 Å². The number of rotatable bonds is 0. The van der Waals surface area contributed by atoms with Crippen molar-refractivity contribution in [2.45, 2.75) is 0 Å². The van der Waals surface area contributed by atoms with Crippen molar-refractivity contribution >= 4 is 5.82 Å².